The van der Waals surface area contributed by atoms with E-state index < -0.39 is 0 Å². The van der Waals surface area contributed by atoms with E-state index in [0.29, 0.717) is 0 Å². The number of fused-ring (bicyclic) bond motifs is 8. The molecule has 1 heterocycles. The quantitative estimate of drug-likeness (QED) is 0.385. The fraction of sp³-hybridized carbons (Fsp3) is 0.346. The number of hydrogen-bond donors (Lipinski definition) is 0. The minimum absolute atomic E-state index is 0.807. The highest BCUT2D eigenvalue weighted by Gasteiger charge is 2.40. The van der Waals surface area contributed by atoms with Gasteiger partial charge in [0.15, 0.2) is 6.20 Å². The third-order valence-electron chi connectivity index (χ3n) is 7.42. The highest BCUT2D eigenvalue weighted by Crippen LogP contribution is 2.53. The number of rotatable bonds is 1. The van der Waals surface area contributed by atoms with Gasteiger partial charge in [0.1, 0.15) is 7.05 Å². The van der Waals surface area contributed by atoms with Gasteiger partial charge in [0.2, 0.25) is 5.69 Å². The molecule has 0 spiro atoms. The van der Waals surface area contributed by atoms with Crippen LogP contribution >= 0.6 is 0 Å². The third-order valence-corrected chi connectivity index (χ3v) is 7.42. The van der Waals surface area contributed by atoms with Gasteiger partial charge in [0.25, 0.3) is 0 Å². The fourth-order valence-corrected chi connectivity index (χ4v) is 6.17. The predicted molar refractivity (Wildman–Crippen MR) is 110 cm³/mol. The molecule has 1 heteroatoms. The Balaban J connectivity index is 1.60. The van der Waals surface area contributed by atoms with Crippen LogP contribution in [-0.4, -0.2) is 0 Å². The largest absolute Gasteiger partial charge is 0.213 e. The van der Waals surface area contributed by atoms with Crippen LogP contribution in [0.3, 0.4) is 0 Å². The molecule has 3 aromatic rings. The van der Waals surface area contributed by atoms with E-state index >= 15 is 0 Å². The van der Waals surface area contributed by atoms with Crippen molar-refractivity contribution in [1.82, 2.24) is 0 Å². The maximum absolute atomic E-state index is 2.54. The molecule has 1 aromatic heterocycles. The summed E-state index contributed by atoms with van der Waals surface area (Å²) in [6, 6.07) is 14.0. The SMILES string of the molecule is Cc1cccc2c1-c1ccc(C)c(-c3cc4c(c[n+]3C)C3CCC4C3)c1C2. The first kappa shape index (κ1) is 15.6. The van der Waals surface area contributed by atoms with Crippen LogP contribution in [0.25, 0.3) is 22.4 Å². The Morgan fingerprint density at radius 1 is 0.889 bits per heavy atom. The summed E-state index contributed by atoms with van der Waals surface area (Å²) in [7, 11) is 2.24. The van der Waals surface area contributed by atoms with Gasteiger partial charge in [-0.05, 0) is 90.3 Å². The fourth-order valence-electron chi connectivity index (χ4n) is 6.17. The Morgan fingerprint density at radius 3 is 2.52 bits per heavy atom. The van der Waals surface area contributed by atoms with Gasteiger partial charge in [-0.25, -0.2) is 4.57 Å². The molecule has 6 rings (SSSR count). The Labute approximate surface area is 161 Å². The van der Waals surface area contributed by atoms with E-state index in [1.807, 2.05) is 0 Å². The van der Waals surface area contributed by atoms with E-state index in [-0.39, 0.29) is 0 Å². The van der Waals surface area contributed by atoms with E-state index in [4.69, 9.17) is 0 Å². The summed E-state index contributed by atoms with van der Waals surface area (Å²) in [5.41, 5.74) is 14.9. The number of benzene rings is 2. The van der Waals surface area contributed by atoms with Crippen molar-refractivity contribution in [3.63, 3.8) is 0 Å². The summed E-state index contributed by atoms with van der Waals surface area (Å²) in [4.78, 5) is 0. The van der Waals surface area contributed by atoms with Gasteiger partial charge in [-0.2, -0.15) is 0 Å². The number of nitrogens with zero attached hydrogens (tertiary/aromatic N) is 1. The first-order valence-corrected chi connectivity index (χ1v) is 10.4. The van der Waals surface area contributed by atoms with Crippen LogP contribution in [0.15, 0.2) is 42.6 Å². The van der Waals surface area contributed by atoms with Crippen LogP contribution in [0, 0.1) is 13.8 Å². The van der Waals surface area contributed by atoms with Crippen molar-refractivity contribution in [3.8, 4) is 22.4 Å². The van der Waals surface area contributed by atoms with Gasteiger partial charge in [0, 0.05) is 11.6 Å². The second-order valence-electron chi connectivity index (χ2n) is 8.96. The van der Waals surface area contributed by atoms with Gasteiger partial charge >= 0.3 is 0 Å². The standard InChI is InChI=1S/C26H26N/c1-15-5-4-6-19-12-22-20(25(15)19)10-7-16(2)26(22)24-13-21-17-8-9-18(11-17)23(21)14-27(24)3/h4-7,10,13-14,17-18H,8-9,11-12H2,1-3H3/q+1. The summed E-state index contributed by atoms with van der Waals surface area (Å²) in [5.74, 6) is 1.63. The van der Waals surface area contributed by atoms with Crippen LogP contribution in [0.2, 0.25) is 0 Å². The molecule has 27 heavy (non-hydrogen) atoms. The number of hydrogen-bond acceptors (Lipinski definition) is 0. The van der Waals surface area contributed by atoms with Crippen molar-refractivity contribution in [2.75, 3.05) is 0 Å². The minimum atomic E-state index is 0.807. The lowest BCUT2D eigenvalue weighted by Gasteiger charge is -2.17. The molecule has 2 atom stereocenters. The van der Waals surface area contributed by atoms with Crippen LogP contribution in [-0.2, 0) is 13.5 Å². The topological polar surface area (TPSA) is 3.88 Å². The average Bonchev–Trinajstić information content (AvgIpc) is 3.34. The first-order chi connectivity index (χ1) is 13.1. The molecule has 0 amide bonds. The molecule has 0 saturated heterocycles. The summed E-state index contributed by atoms with van der Waals surface area (Å²) >= 11 is 0. The Kier molecular flexibility index (Phi) is 3.08. The third kappa shape index (κ3) is 2.03. The smallest absolute Gasteiger partial charge is 0.201 e. The van der Waals surface area contributed by atoms with Gasteiger partial charge in [-0.15, -0.1) is 0 Å². The van der Waals surface area contributed by atoms with E-state index in [1.165, 1.54) is 63.9 Å². The minimum Gasteiger partial charge on any atom is -0.201 e. The van der Waals surface area contributed by atoms with Crippen molar-refractivity contribution in [2.24, 2.45) is 7.05 Å². The number of aryl methyl sites for hydroxylation is 3. The lowest BCUT2D eigenvalue weighted by molar-refractivity contribution is -0.660. The zero-order valence-electron chi connectivity index (χ0n) is 16.5. The maximum atomic E-state index is 2.54. The van der Waals surface area contributed by atoms with Crippen molar-refractivity contribution in [3.05, 3.63) is 76.0 Å². The molecule has 1 saturated carbocycles. The average molecular weight is 353 g/mol. The lowest BCUT2D eigenvalue weighted by atomic mass is 9.89. The van der Waals surface area contributed by atoms with Gasteiger partial charge < -0.3 is 0 Å². The molecule has 0 aliphatic heterocycles. The lowest BCUT2D eigenvalue weighted by Crippen LogP contribution is -2.32. The van der Waals surface area contributed by atoms with E-state index in [0.717, 1.165) is 18.3 Å². The zero-order valence-corrected chi connectivity index (χ0v) is 16.5. The molecule has 1 fully saturated rings. The molecule has 2 unspecified atom stereocenters. The highest BCUT2D eigenvalue weighted by molar-refractivity contribution is 5.86. The highest BCUT2D eigenvalue weighted by atomic mass is 14.9. The number of pyridine rings is 1. The summed E-state index contributed by atoms with van der Waals surface area (Å²) in [5, 5.41) is 0. The number of aromatic nitrogens is 1. The summed E-state index contributed by atoms with van der Waals surface area (Å²) < 4.78 is 2.40. The van der Waals surface area contributed by atoms with Gasteiger partial charge in [-0.3, -0.25) is 0 Å². The Bertz CT molecular complexity index is 1120. The molecule has 2 aromatic carbocycles. The Hall–Kier alpha value is -2.41. The molecule has 3 aliphatic rings. The summed E-state index contributed by atoms with van der Waals surface area (Å²) in [6.45, 7) is 4.53. The van der Waals surface area contributed by atoms with Crippen LogP contribution in [0.1, 0.15) is 64.5 Å². The molecular formula is C26H26N+. The normalized spacial score (nSPS) is 21.3. The molecule has 1 nitrogen and oxygen atoms in total. The maximum Gasteiger partial charge on any atom is 0.213 e. The van der Waals surface area contributed by atoms with Gasteiger partial charge in [0.05, 0.1) is 5.56 Å². The molecule has 3 aliphatic carbocycles. The van der Waals surface area contributed by atoms with Crippen molar-refractivity contribution in [2.45, 2.75) is 51.4 Å². The molecular weight excluding hydrogens is 326 g/mol. The van der Waals surface area contributed by atoms with Crippen LogP contribution < -0.4 is 4.57 Å². The second kappa shape index (κ2) is 5.32. The van der Waals surface area contributed by atoms with Crippen LogP contribution in [0.5, 0.6) is 0 Å². The zero-order chi connectivity index (χ0) is 18.3. The van der Waals surface area contributed by atoms with Crippen molar-refractivity contribution < 1.29 is 4.57 Å². The van der Waals surface area contributed by atoms with Crippen molar-refractivity contribution >= 4 is 0 Å². The molecule has 134 valence electrons. The van der Waals surface area contributed by atoms with E-state index in [2.05, 4.69) is 68.1 Å². The molecule has 2 bridgehead atoms. The predicted octanol–water partition coefficient (Wildman–Crippen LogP) is 5.73. The Morgan fingerprint density at radius 2 is 1.67 bits per heavy atom. The van der Waals surface area contributed by atoms with E-state index in [9.17, 15) is 0 Å². The first-order valence-electron chi connectivity index (χ1n) is 10.4. The molecule has 0 radical (unpaired) electrons. The van der Waals surface area contributed by atoms with Crippen LogP contribution in [0.4, 0.5) is 0 Å². The van der Waals surface area contributed by atoms with Crippen molar-refractivity contribution in [1.29, 1.82) is 0 Å². The molecule has 0 N–H and O–H groups in total. The second-order valence-corrected chi connectivity index (χ2v) is 8.96. The van der Waals surface area contributed by atoms with E-state index in [1.54, 1.807) is 11.1 Å². The monoisotopic (exact) mass is 352 g/mol. The van der Waals surface area contributed by atoms with Gasteiger partial charge in [-0.1, -0.05) is 30.3 Å². The summed E-state index contributed by atoms with van der Waals surface area (Å²) in [6.07, 6.45) is 7.68.